The Kier molecular flexibility index (Phi) is 6.00. The van der Waals surface area contributed by atoms with Gasteiger partial charge in [0, 0.05) is 10.9 Å². The quantitative estimate of drug-likeness (QED) is 0.614. The van der Waals surface area contributed by atoms with Crippen LogP contribution in [0.25, 0.3) is 10.6 Å². The van der Waals surface area contributed by atoms with E-state index in [4.69, 9.17) is 0 Å². The Hall–Kier alpha value is -2.55. The third-order valence-electron chi connectivity index (χ3n) is 3.78. The fourth-order valence-electron chi connectivity index (χ4n) is 2.41. The summed E-state index contributed by atoms with van der Waals surface area (Å²) in [6.45, 7) is 0.131. The number of carbonyl (C=O) groups is 1. The van der Waals surface area contributed by atoms with Crippen LogP contribution in [0.5, 0.6) is 0 Å². The average Bonchev–Trinajstić information content (AvgIpc) is 3.16. The van der Waals surface area contributed by atoms with Gasteiger partial charge in [-0.05, 0) is 17.7 Å². The highest BCUT2D eigenvalue weighted by atomic mass is 32.2. The van der Waals surface area contributed by atoms with Crippen LogP contribution in [0.1, 0.15) is 21.6 Å². The molecular weight excluding hydrogens is 384 g/mol. The molecule has 0 atom stereocenters. The molecule has 0 aliphatic carbocycles. The van der Waals surface area contributed by atoms with Crippen molar-refractivity contribution in [2.24, 2.45) is 0 Å². The molecule has 2 aromatic carbocycles. The van der Waals surface area contributed by atoms with Crippen molar-refractivity contribution in [3.8, 4) is 10.6 Å². The molecule has 0 saturated heterocycles. The zero-order chi connectivity index (χ0) is 19.3. The van der Waals surface area contributed by atoms with Crippen molar-refractivity contribution in [3.05, 3.63) is 76.8 Å². The van der Waals surface area contributed by atoms with E-state index < -0.39 is 16.0 Å². The summed E-state index contributed by atoms with van der Waals surface area (Å²) in [4.78, 5) is 15.9. The van der Waals surface area contributed by atoms with Crippen LogP contribution in [0.15, 0.2) is 60.0 Å². The third-order valence-corrected chi connectivity index (χ3v) is 6.02. The van der Waals surface area contributed by atoms with E-state index in [1.165, 1.54) is 18.4 Å². The molecular formula is C19H18N2O4S2. The van der Waals surface area contributed by atoms with Gasteiger partial charge in [-0.1, -0.05) is 42.5 Å². The molecule has 6 nitrogen and oxygen atoms in total. The van der Waals surface area contributed by atoms with E-state index in [9.17, 15) is 13.2 Å². The van der Waals surface area contributed by atoms with E-state index >= 15 is 0 Å². The molecule has 0 radical (unpaired) electrons. The maximum Gasteiger partial charge on any atom is 0.337 e. The molecule has 27 heavy (non-hydrogen) atoms. The highest BCUT2D eigenvalue weighted by Crippen LogP contribution is 2.23. The SMILES string of the molecule is COC(=O)c1ccc(CS(=O)(=O)NCc2csc(-c3ccccc3)n2)cc1. The highest BCUT2D eigenvalue weighted by Gasteiger charge is 2.14. The van der Waals surface area contributed by atoms with Crippen LogP contribution in [0, 0.1) is 0 Å². The molecule has 3 aromatic rings. The molecule has 0 saturated carbocycles. The zero-order valence-corrected chi connectivity index (χ0v) is 16.2. The van der Waals surface area contributed by atoms with Crippen LogP contribution in [-0.4, -0.2) is 26.5 Å². The average molecular weight is 402 g/mol. The predicted molar refractivity (Wildman–Crippen MR) is 105 cm³/mol. The minimum absolute atomic E-state index is 0.131. The van der Waals surface area contributed by atoms with Crippen molar-refractivity contribution in [1.29, 1.82) is 0 Å². The van der Waals surface area contributed by atoms with Crippen LogP contribution in [0.2, 0.25) is 0 Å². The predicted octanol–water partition coefficient (Wildman–Crippen LogP) is 3.22. The number of sulfonamides is 1. The van der Waals surface area contributed by atoms with Gasteiger partial charge in [-0.25, -0.2) is 22.9 Å². The number of rotatable bonds is 7. The van der Waals surface area contributed by atoms with E-state index in [0.717, 1.165) is 10.6 Å². The number of carbonyl (C=O) groups excluding carboxylic acids is 1. The van der Waals surface area contributed by atoms with E-state index in [-0.39, 0.29) is 12.3 Å². The molecule has 0 fully saturated rings. The van der Waals surface area contributed by atoms with Crippen molar-refractivity contribution in [2.75, 3.05) is 7.11 Å². The van der Waals surface area contributed by atoms with Crippen molar-refractivity contribution >= 4 is 27.3 Å². The smallest absolute Gasteiger partial charge is 0.337 e. The monoisotopic (exact) mass is 402 g/mol. The normalized spacial score (nSPS) is 11.3. The lowest BCUT2D eigenvalue weighted by Gasteiger charge is -2.06. The summed E-state index contributed by atoms with van der Waals surface area (Å²) in [5, 5.41) is 2.69. The first-order valence-corrected chi connectivity index (χ1v) is 10.6. The number of nitrogens with zero attached hydrogens (tertiary/aromatic N) is 1. The number of nitrogens with one attached hydrogen (secondary N) is 1. The molecule has 140 valence electrons. The fraction of sp³-hybridized carbons (Fsp3) is 0.158. The second-order valence-electron chi connectivity index (χ2n) is 5.78. The Balaban J connectivity index is 1.60. The van der Waals surface area contributed by atoms with E-state index in [1.54, 1.807) is 24.3 Å². The molecule has 3 rings (SSSR count). The highest BCUT2D eigenvalue weighted by molar-refractivity contribution is 7.88. The summed E-state index contributed by atoms with van der Waals surface area (Å²) in [5.74, 6) is -0.635. The lowest BCUT2D eigenvalue weighted by molar-refractivity contribution is 0.0600. The van der Waals surface area contributed by atoms with Crippen molar-refractivity contribution < 1.29 is 17.9 Å². The first kappa shape index (κ1) is 19.2. The number of ether oxygens (including phenoxy) is 1. The molecule has 0 aliphatic rings. The van der Waals surface area contributed by atoms with E-state index in [1.807, 2.05) is 35.7 Å². The van der Waals surface area contributed by atoms with E-state index in [2.05, 4.69) is 14.4 Å². The summed E-state index contributed by atoms with van der Waals surface area (Å²) in [7, 11) is -2.23. The third kappa shape index (κ3) is 5.22. The maximum atomic E-state index is 12.3. The maximum absolute atomic E-state index is 12.3. The van der Waals surface area contributed by atoms with Gasteiger partial charge in [-0.3, -0.25) is 0 Å². The van der Waals surface area contributed by atoms with Crippen LogP contribution in [-0.2, 0) is 27.1 Å². The molecule has 0 aliphatic heterocycles. The number of hydrogen-bond acceptors (Lipinski definition) is 6. The molecule has 0 spiro atoms. The van der Waals surface area contributed by atoms with Crippen molar-refractivity contribution in [3.63, 3.8) is 0 Å². The van der Waals surface area contributed by atoms with Gasteiger partial charge in [0.2, 0.25) is 10.0 Å². The van der Waals surface area contributed by atoms with Gasteiger partial charge in [-0.2, -0.15) is 0 Å². The largest absolute Gasteiger partial charge is 0.465 e. The summed E-state index contributed by atoms with van der Waals surface area (Å²) < 4.78 is 31.8. The summed E-state index contributed by atoms with van der Waals surface area (Å²) >= 11 is 1.47. The number of benzene rings is 2. The topological polar surface area (TPSA) is 85.4 Å². The molecule has 0 amide bonds. The van der Waals surface area contributed by atoms with Gasteiger partial charge in [0.25, 0.3) is 0 Å². The number of methoxy groups -OCH3 is 1. The van der Waals surface area contributed by atoms with Gasteiger partial charge in [-0.15, -0.1) is 11.3 Å². The first-order valence-electron chi connectivity index (χ1n) is 8.11. The van der Waals surface area contributed by atoms with Crippen LogP contribution in [0.3, 0.4) is 0 Å². The molecule has 1 heterocycles. The zero-order valence-electron chi connectivity index (χ0n) is 14.6. The molecule has 1 N–H and O–H groups in total. The fourth-order valence-corrected chi connectivity index (χ4v) is 4.34. The Morgan fingerprint density at radius 1 is 1.11 bits per heavy atom. The Morgan fingerprint density at radius 2 is 1.81 bits per heavy atom. The lowest BCUT2D eigenvalue weighted by Crippen LogP contribution is -2.24. The van der Waals surface area contributed by atoms with Gasteiger partial charge in [0.05, 0.1) is 30.7 Å². The molecule has 0 unspecified atom stereocenters. The number of aromatic nitrogens is 1. The lowest BCUT2D eigenvalue weighted by atomic mass is 10.1. The Bertz CT molecular complexity index is 1010. The summed E-state index contributed by atoms with van der Waals surface area (Å²) in [5.41, 5.74) is 2.63. The second kappa shape index (κ2) is 8.43. The molecule has 1 aromatic heterocycles. The van der Waals surface area contributed by atoms with Crippen molar-refractivity contribution in [1.82, 2.24) is 9.71 Å². The van der Waals surface area contributed by atoms with Crippen molar-refractivity contribution in [2.45, 2.75) is 12.3 Å². The number of hydrogen-bond donors (Lipinski definition) is 1. The minimum atomic E-state index is -3.53. The number of esters is 1. The Labute approximate surface area is 161 Å². The summed E-state index contributed by atoms with van der Waals surface area (Å²) in [6.07, 6.45) is 0. The first-order chi connectivity index (χ1) is 13.0. The second-order valence-corrected chi connectivity index (χ2v) is 8.44. The van der Waals surface area contributed by atoms with Gasteiger partial charge < -0.3 is 4.74 Å². The van der Waals surface area contributed by atoms with Gasteiger partial charge >= 0.3 is 5.97 Å². The van der Waals surface area contributed by atoms with Crippen LogP contribution >= 0.6 is 11.3 Å². The number of thiazole rings is 1. The molecule has 8 heteroatoms. The minimum Gasteiger partial charge on any atom is -0.465 e. The summed E-state index contributed by atoms with van der Waals surface area (Å²) in [6, 6.07) is 16.0. The van der Waals surface area contributed by atoms with Crippen LogP contribution < -0.4 is 4.72 Å². The van der Waals surface area contributed by atoms with E-state index in [0.29, 0.717) is 16.8 Å². The van der Waals surface area contributed by atoms with Crippen LogP contribution in [0.4, 0.5) is 0 Å². The van der Waals surface area contributed by atoms with Gasteiger partial charge in [0.1, 0.15) is 5.01 Å². The standard InChI is InChI=1S/C19H18N2O4S2/c1-25-19(22)16-9-7-14(8-10-16)13-27(23,24)20-11-17-12-26-18(21-17)15-5-3-2-4-6-15/h2-10,12,20H,11,13H2,1H3. The Morgan fingerprint density at radius 3 is 2.48 bits per heavy atom. The molecule has 0 bridgehead atoms. The van der Waals surface area contributed by atoms with Gasteiger partial charge in [0.15, 0.2) is 0 Å².